The molecule has 0 N–H and O–H groups in total. The molecule has 0 aliphatic rings. The molecule has 0 atom stereocenters. The van der Waals surface area contributed by atoms with Gasteiger partial charge in [-0.05, 0) is 12.1 Å². The molecule has 2 aromatic rings. The second-order valence-electron chi connectivity index (χ2n) is 3.88. The highest BCUT2D eigenvalue weighted by Crippen LogP contribution is 2.23. The number of pyridine rings is 1. The first kappa shape index (κ1) is 13.0. The first-order valence-electron chi connectivity index (χ1n) is 5.82. The summed E-state index contributed by atoms with van der Waals surface area (Å²) in [7, 11) is 1.28. The number of benzene rings is 1. The van der Waals surface area contributed by atoms with E-state index in [0.717, 1.165) is 5.39 Å². The van der Waals surface area contributed by atoms with E-state index in [4.69, 9.17) is 4.74 Å². The van der Waals surface area contributed by atoms with Gasteiger partial charge >= 0.3 is 11.9 Å². The van der Waals surface area contributed by atoms with Crippen molar-refractivity contribution in [3.63, 3.8) is 0 Å². The van der Waals surface area contributed by atoms with E-state index in [1.807, 2.05) is 18.2 Å². The second-order valence-corrected chi connectivity index (χ2v) is 3.88. The molecule has 0 radical (unpaired) electrons. The van der Waals surface area contributed by atoms with Gasteiger partial charge in [-0.15, -0.1) is 0 Å². The Morgan fingerprint density at radius 3 is 2.63 bits per heavy atom. The molecule has 0 bridgehead atoms. The van der Waals surface area contributed by atoms with Crippen LogP contribution in [0, 0.1) is 0 Å². The summed E-state index contributed by atoms with van der Waals surface area (Å²) in [5.41, 5.74) is 0.622. The molecular formula is C14H13NO4. The van der Waals surface area contributed by atoms with Crippen LogP contribution in [0.5, 0.6) is 5.75 Å². The summed E-state index contributed by atoms with van der Waals surface area (Å²) in [6.07, 6.45) is 1.62. The van der Waals surface area contributed by atoms with Gasteiger partial charge in [0.05, 0.1) is 20.0 Å². The molecule has 0 saturated carbocycles. The minimum absolute atomic E-state index is 0.00747. The maximum absolute atomic E-state index is 11.6. The van der Waals surface area contributed by atoms with Crippen LogP contribution in [0.2, 0.25) is 0 Å². The molecule has 0 saturated heterocycles. The number of hydrogen-bond donors (Lipinski definition) is 0. The average Bonchev–Trinajstić information content (AvgIpc) is 2.45. The molecule has 1 aromatic carbocycles. The molecule has 0 fully saturated rings. The number of para-hydroxylation sites is 1. The molecule has 1 aromatic heterocycles. The molecule has 5 heteroatoms. The van der Waals surface area contributed by atoms with Crippen LogP contribution in [0.4, 0.5) is 0 Å². The number of ether oxygens (including phenoxy) is 2. The monoisotopic (exact) mass is 259 g/mol. The zero-order valence-electron chi connectivity index (χ0n) is 10.5. The number of esters is 2. The van der Waals surface area contributed by atoms with Crippen LogP contribution in [-0.4, -0.2) is 24.0 Å². The summed E-state index contributed by atoms with van der Waals surface area (Å²) in [4.78, 5) is 26.7. The van der Waals surface area contributed by atoms with Gasteiger partial charge in [0.25, 0.3) is 0 Å². The molecule has 98 valence electrons. The van der Waals surface area contributed by atoms with Crippen LogP contribution in [0.1, 0.15) is 12.8 Å². The third-order valence-electron chi connectivity index (χ3n) is 2.58. The van der Waals surface area contributed by atoms with Gasteiger partial charge in [0.2, 0.25) is 0 Å². The van der Waals surface area contributed by atoms with Crippen LogP contribution in [0.3, 0.4) is 0 Å². The number of carbonyl (C=O) groups excluding carboxylic acids is 2. The Balaban J connectivity index is 2.09. The van der Waals surface area contributed by atoms with Crippen LogP contribution >= 0.6 is 0 Å². The summed E-state index contributed by atoms with van der Waals surface area (Å²) >= 11 is 0. The fourth-order valence-corrected chi connectivity index (χ4v) is 1.64. The third kappa shape index (κ3) is 3.28. The van der Waals surface area contributed by atoms with Gasteiger partial charge in [0.15, 0.2) is 5.75 Å². The van der Waals surface area contributed by atoms with Crippen molar-refractivity contribution in [1.82, 2.24) is 4.98 Å². The van der Waals surface area contributed by atoms with E-state index in [1.165, 1.54) is 7.11 Å². The Bertz CT molecular complexity index is 604. The number of methoxy groups -OCH3 is 1. The van der Waals surface area contributed by atoms with Crippen LogP contribution in [0.25, 0.3) is 10.9 Å². The minimum Gasteiger partial charge on any atom is -0.469 e. The highest BCUT2D eigenvalue weighted by atomic mass is 16.5. The lowest BCUT2D eigenvalue weighted by molar-refractivity contribution is -0.144. The number of carbonyl (C=O) groups is 2. The maximum Gasteiger partial charge on any atom is 0.311 e. The van der Waals surface area contributed by atoms with Crippen molar-refractivity contribution in [2.75, 3.05) is 7.11 Å². The summed E-state index contributed by atoms with van der Waals surface area (Å²) in [5.74, 6) is -0.524. The molecule has 0 amide bonds. The van der Waals surface area contributed by atoms with E-state index < -0.39 is 11.9 Å². The average molecular weight is 259 g/mol. The number of aromatic nitrogens is 1. The lowest BCUT2D eigenvalue weighted by atomic mass is 10.2. The van der Waals surface area contributed by atoms with E-state index in [2.05, 4.69) is 9.72 Å². The van der Waals surface area contributed by atoms with Crippen molar-refractivity contribution in [2.24, 2.45) is 0 Å². The van der Waals surface area contributed by atoms with Gasteiger partial charge in [-0.2, -0.15) is 0 Å². The molecule has 0 aliphatic carbocycles. The standard InChI is InChI=1S/C14H13NO4/c1-18-12(16)7-8-13(17)19-11-6-2-4-10-5-3-9-15-14(10)11/h2-6,9H,7-8H2,1H3. The quantitative estimate of drug-likeness (QED) is 0.621. The van der Waals surface area contributed by atoms with Gasteiger partial charge in [-0.3, -0.25) is 14.6 Å². The molecule has 5 nitrogen and oxygen atoms in total. The van der Waals surface area contributed by atoms with E-state index >= 15 is 0 Å². The van der Waals surface area contributed by atoms with Crippen molar-refractivity contribution in [2.45, 2.75) is 12.8 Å². The summed E-state index contributed by atoms with van der Waals surface area (Å²) in [6.45, 7) is 0. The number of fused-ring (bicyclic) bond motifs is 1. The van der Waals surface area contributed by atoms with E-state index in [9.17, 15) is 9.59 Å². The number of hydrogen-bond acceptors (Lipinski definition) is 5. The highest BCUT2D eigenvalue weighted by molar-refractivity contribution is 5.87. The number of rotatable bonds is 4. The van der Waals surface area contributed by atoms with Crippen LogP contribution in [0.15, 0.2) is 36.5 Å². The van der Waals surface area contributed by atoms with Crippen molar-refractivity contribution < 1.29 is 19.1 Å². The summed E-state index contributed by atoms with van der Waals surface area (Å²) in [5, 5.41) is 0.890. The van der Waals surface area contributed by atoms with Gasteiger partial charge in [-0.25, -0.2) is 0 Å². The fraction of sp³-hybridized carbons (Fsp3) is 0.214. The van der Waals surface area contributed by atoms with Gasteiger partial charge in [-0.1, -0.05) is 18.2 Å². The Hall–Kier alpha value is -2.43. The van der Waals surface area contributed by atoms with Crippen LogP contribution < -0.4 is 4.74 Å². The van der Waals surface area contributed by atoms with Crippen molar-refractivity contribution in [3.05, 3.63) is 36.5 Å². The molecule has 0 unspecified atom stereocenters. The molecule has 19 heavy (non-hydrogen) atoms. The summed E-state index contributed by atoms with van der Waals surface area (Å²) in [6, 6.07) is 9.03. The lowest BCUT2D eigenvalue weighted by Gasteiger charge is -2.06. The fourth-order valence-electron chi connectivity index (χ4n) is 1.64. The zero-order chi connectivity index (χ0) is 13.7. The lowest BCUT2D eigenvalue weighted by Crippen LogP contribution is -2.11. The van der Waals surface area contributed by atoms with E-state index in [0.29, 0.717) is 11.3 Å². The smallest absolute Gasteiger partial charge is 0.311 e. The van der Waals surface area contributed by atoms with E-state index in [1.54, 1.807) is 18.3 Å². The Kier molecular flexibility index (Phi) is 4.07. The van der Waals surface area contributed by atoms with E-state index in [-0.39, 0.29) is 12.8 Å². The highest BCUT2D eigenvalue weighted by Gasteiger charge is 2.11. The predicted octanol–water partition coefficient (Wildman–Crippen LogP) is 2.09. The predicted molar refractivity (Wildman–Crippen MR) is 68.6 cm³/mol. The van der Waals surface area contributed by atoms with Gasteiger partial charge < -0.3 is 9.47 Å². The Morgan fingerprint density at radius 1 is 1.11 bits per heavy atom. The SMILES string of the molecule is COC(=O)CCC(=O)Oc1cccc2cccnc12. The largest absolute Gasteiger partial charge is 0.469 e. The molecule has 0 spiro atoms. The second kappa shape index (κ2) is 5.95. The normalized spacial score (nSPS) is 10.2. The maximum atomic E-state index is 11.6. The van der Waals surface area contributed by atoms with Crippen molar-refractivity contribution >= 4 is 22.8 Å². The van der Waals surface area contributed by atoms with Crippen molar-refractivity contribution in [3.8, 4) is 5.75 Å². The number of nitrogens with zero attached hydrogens (tertiary/aromatic N) is 1. The first-order valence-corrected chi connectivity index (χ1v) is 5.82. The zero-order valence-corrected chi connectivity index (χ0v) is 10.5. The van der Waals surface area contributed by atoms with Gasteiger partial charge in [0.1, 0.15) is 5.52 Å². The third-order valence-corrected chi connectivity index (χ3v) is 2.58. The molecule has 1 heterocycles. The molecule has 2 rings (SSSR count). The van der Waals surface area contributed by atoms with Gasteiger partial charge in [0, 0.05) is 11.6 Å². The first-order chi connectivity index (χ1) is 9.20. The van der Waals surface area contributed by atoms with Crippen molar-refractivity contribution in [1.29, 1.82) is 0 Å². The summed E-state index contributed by atoms with van der Waals surface area (Å²) < 4.78 is 9.68. The van der Waals surface area contributed by atoms with Crippen LogP contribution in [-0.2, 0) is 14.3 Å². The Labute approximate surface area is 110 Å². The topological polar surface area (TPSA) is 65.5 Å². The molecular weight excluding hydrogens is 246 g/mol. The Morgan fingerprint density at radius 2 is 1.84 bits per heavy atom. The minimum atomic E-state index is -0.483. The molecule has 0 aliphatic heterocycles.